The van der Waals surface area contributed by atoms with Gasteiger partial charge in [-0.05, 0) is 11.4 Å². The Bertz CT molecular complexity index is 632. The van der Waals surface area contributed by atoms with Crippen molar-refractivity contribution in [2.24, 2.45) is 0 Å². The van der Waals surface area contributed by atoms with Gasteiger partial charge in [-0.2, -0.15) is 4.31 Å². The molecule has 0 unspecified atom stereocenters. The molecule has 3 rings (SSSR count). The highest BCUT2D eigenvalue weighted by Crippen LogP contribution is 2.37. The highest BCUT2D eigenvalue weighted by Gasteiger charge is 2.36. The molecular formula is C9H10N4O2S2. The van der Waals surface area contributed by atoms with Crippen LogP contribution in [0.5, 0.6) is 0 Å². The van der Waals surface area contributed by atoms with Gasteiger partial charge in [0.15, 0.2) is 0 Å². The van der Waals surface area contributed by atoms with Crippen molar-refractivity contribution in [3.63, 3.8) is 0 Å². The third kappa shape index (κ3) is 1.52. The van der Waals surface area contributed by atoms with Crippen molar-refractivity contribution in [2.75, 3.05) is 13.6 Å². The molecule has 0 amide bonds. The Kier molecular flexibility index (Phi) is 2.32. The second-order valence-electron chi connectivity index (χ2n) is 3.86. The number of sulfonamides is 1. The van der Waals surface area contributed by atoms with E-state index in [1.807, 2.05) is 4.57 Å². The fraction of sp³-hybridized carbons (Fsp3) is 0.333. The quantitative estimate of drug-likeness (QED) is 0.759. The third-order valence-electron chi connectivity index (χ3n) is 2.87. The lowest BCUT2D eigenvalue weighted by atomic mass is 10.2. The minimum atomic E-state index is -3.31. The lowest BCUT2D eigenvalue weighted by Crippen LogP contribution is -2.37. The van der Waals surface area contributed by atoms with Crippen LogP contribution in [0.2, 0.25) is 0 Å². The van der Waals surface area contributed by atoms with E-state index in [1.54, 1.807) is 31.1 Å². The van der Waals surface area contributed by atoms with Crippen LogP contribution in [0, 0.1) is 0 Å². The number of nitrogens with zero attached hydrogens (tertiary/aromatic N) is 4. The molecule has 0 radical (unpaired) electrons. The van der Waals surface area contributed by atoms with E-state index in [-0.39, 0.29) is 6.04 Å². The SMILES string of the molecule is CN1C[C@@H](n2cnnc2)c2sccc2S1(=O)=O. The second-order valence-corrected chi connectivity index (χ2v) is 6.82. The highest BCUT2D eigenvalue weighted by molar-refractivity contribution is 7.89. The van der Waals surface area contributed by atoms with Crippen LogP contribution >= 0.6 is 11.3 Å². The predicted octanol–water partition coefficient (Wildman–Crippen LogP) is 0.563. The van der Waals surface area contributed by atoms with Gasteiger partial charge >= 0.3 is 0 Å². The van der Waals surface area contributed by atoms with Crippen molar-refractivity contribution in [1.29, 1.82) is 0 Å². The first kappa shape index (κ1) is 10.9. The van der Waals surface area contributed by atoms with E-state index < -0.39 is 10.0 Å². The van der Waals surface area contributed by atoms with Gasteiger partial charge in [-0.15, -0.1) is 21.5 Å². The van der Waals surface area contributed by atoms with E-state index in [0.29, 0.717) is 11.4 Å². The normalized spacial score (nSPS) is 23.5. The van der Waals surface area contributed by atoms with Crippen LogP contribution in [0.15, 0.2) is 29.0 Å². The van der Waals surface area contributed by atoms with Crippen LogP contribution in [0.4, 0.5) is 0 Å². The second kappa shape index (κ2) is 3.62. The number of hydrogen-bond acceptors (Lipinski definition) is 5. The van der Waals surface area contributed by atoms with Crippen LogP contribution in [-0.4, -0.2) is 41.1 Å². The number of likely N-dealkylation sites (N-methyl/N-ethyl adjacent to an activating group) is 1. The maximum atomic E-state index is 12.1. The summed E-state index contributed by atoms with van der Waals surface area (Å²) in [7, 11) is -1.72. The number of rotatable bonds is 1. The first-order valence-electron chi connectivity index (χ1n) is 4.98. The van der Waals surface area contributed by atoms with Crippen LogP contribution in [-0.2, 0) is 10.0 Å². The molecule has 0 saturated carbocycles. The Morgan fingerprint density at radius 2 is 2.12 bits per heavy atom. The largest absolute Gasteiger partial charge is 0.310 e. The molecule has 2 aromatic rings. The van der Waals surface area contributed by atoms with Crippen molar-refractivity contribution < 1.29 is 8.42 Å². The zero-order valence-corrected chi connectivity index (χ0v) is 10.6. The summed E-state index contributed by atoms with van der Waals surface area (Å²) in [5.41, 5.74) is 0. The Hall–Kier alpha value is -1.25. The summed E-state index contributed by atoms with van der Waals surface area (Å²) in [6, 6.07) is 1.62. The average molecular weight is 270 g/mol. The summed E-state index contributed by atoms with van der Waals surface area (Å²) < 4.78 is 27.3. The van der Waals surface area contributed by atoms with Crippen LogP contribution in [0.1, 0.15) is 10.9 Å². The number of thiophene rings is 1. The Labute approximate surface area is 103 Å². The fourth-order valence-electron chi connectivity index (χ4n) is 1.96. The monoisotopic (exact) mass is 270 g/mol. The van der Waals surface area contributed by atoms with Crippen LogP contribution in [0.25, 0.3) is 0 Å². The van der Waals surface area contributed by atoms with Crippen molar-refractivity contribution in [1.82, 2.24) is 19.1 Å². The third-order valence-corrected chi connectivity index (χ3v) is 5.90. The van der Waals surface area contributed by atoms with Crippen LogP contribution < -0.4 is 0 Å². The standard InChI is InChI=1S/C9H10N4O2S2/c1-12-4-7(13-5-10-11-6-13)9-8(2-3-16-9)17(12,14)15/h2-3,5-7H,4H2,1H3/t7-/m1/s1. The smallest absolute Gasteiger partial charge is 0.244 e. The van der Waals surface area contributed by atoms with Crippen molar-refractivity contribution in [3.05, 3.63) is 29.0 Å². The minimum absolute atomic E-state index is 0.0338. The summed E-state index contributed by atoms with van der Waals surface area (Å²) in [5, 5.41) is 9.34. The zero-order chi connectivity index (χ0) is 12.0. The van der Waals surface area contributed by atoms with Crippen LogP contribution in [0.3, 0.4) is 0 Å². The summed E-state index contributed by atoms with van der Waals surface area (Å²) in [6.45, 7) is 0.411. The molecular weight excluding hydrogens is 260 g/mol. The molecule has 0 N–H and O–H groups in total. The topological polar surface area (TPSA) is 68.1 Å². The molecule has 0 fully saturated rings. The lowest BCUT2D eigenvalue weighted by Gasteiger charge is -2.29. The first-order chi connectivity index (χ1) is 8.10. The molecule has 1 atom stereocenters. The molecule has 1 aliphatic heterocycles. The summed E-state index contributed by atoms with van der Waals surface area (Å²) >= 11 is 1.45. The number of aromatic nitrogens is 3. The van der Waals surface area contributed by atoms with E-state index in [9.17, 15) is 8.42 Å². The van der Waals surface area contributed by atoms with E-state index >= 15 is 0 Å². The molecule has 90 valence electrons. The van der Waals surface area contributed by atoms with Gasteiger partial charge in [-0.25, -0.2) is 8.42 Å². The molecule has 2 aromatic heterocycles. The van der Waals surface area contributed by atoms with Gasteiger partial charge in [0.05, 0.1) is 10.9 Å². The first-order valence-corrected chi connectivity index (χ1v) is 7.30. The van der Waals surface area contributed by atoms with Gasteiger partial charge < -0.3 is 4.57 Å². The maximum absolute atomic E-state index is 12.1. The molecule has 0 bridgehead atoms. The van der Waals surface area contributed by atoms with Gasteiger partial charge in [0.1, 0.15) is 12.7 Å². The molecule has 17 heavy (non-hydrogen) atoms. The lowest BCUT2D eigenvalue weighted by molar-refractivity contribution is 0.393. The number of hydrogen-bond donors (Lipinski definition) is 0. The van der Waals surface area contributed by atoms with Gasteiger partial charge in [0, 0.05) is 18.5 Å². The van der Waals surface area contributed by atoms with Crippen molar-refractivity contribution in [2.45, 2.75) is 10.9 Å². The molecule has 6 nitrogen and oxygen atoms in total. The van der Waals surface area contributed by atoms with E-state index in [4.69, 9.17) is 0 Å². The van der Waals surface area contributed by atoms with Gasteiger partial charge in [-0.3, -0.25) is 0 Å². The number of fused-ring (bicyclic) bond motifs is 1. The Morgan fingerprint density at radius 1 is 1.41 bits per heavy atom. The highest BCUT2D eigenvalue weighted by atomic mass is 32.2. The summed E-state index contributed by atoms with van der Waals surface area (Å²) in [5.74, 6) is 0. The fourth-order valence-corrected chi connectivity index (χ4v) is 4.70. The predicted molar refractivity (Wildman–Crippen MR) is 62.3 cm³/mol. The minimum Gasteiger partial charge on any atom is -0.310 e. The molecule has 1 aliphatic rings. The molecule has 0 aromatic carbocycles. The van der Waals surface area contributed by atoms with Crippen molar-refractivity contribution >= 4 is 21.4 Å². The Balaban J connectivity index is 2.18. The summed E-state index contributed by atoms with van der Waals surface area (Å²) in [6.07, 6.45) is 3.22. The zero-order valence-electron chi connectivity index (χ0n) is 9.02. The summed E-state index contributed by atoms with van der Waals surface area (Å²) in [4.78, 5) is 1.25. The molecule has 0 saturated heterocycles. The van der Waals surface area contributed by atoms with Gasteiger partial charge in [0.25, 0.3) is 0 Å². The van der Waals surface area contributed by atoms with Crippen molar-refractivity contribution in [3.8, 4) is 0 Å². The molecule has 0 aliphatic carbocycles. The van der Waals surface area contributed by atoms with Gasteiger partial charge in [-0.1, -0.05) is 0 Å². The van der Waals surface area contributed by atoms with Gasteiger partial charge in [0.2, 0.25) is 10.0 Å². The Morgan fingerprint density at radius 3 is 2.82 bits per heavy atom. The molecule has 0 spiro atoms. The molecule has 8 heteroatoms. The van der Waals surface area contributed by atoms with E-state index in [2.05, 4.69) is 10.2 Å². The maximum Gasteiger partial charge on any atom is 0.244 e. The van der Waals surface area contributed by atoms with E-state index in [0.717, 1.165) is 4.88 Å². The van der Waals surface area contributed by atoms with E-state index in [1.165, 1.54) is 15.6 Å². The average Bonchev–Trinajstić information content (AvgIpc) is 2.94. The molecule has 3 heterocycles.